The van der Waals surface area contributed by atoms with Gasteiger partial charge in [-0.2, -0.15) is 0 Å². The number of aryl methyl sites for hydroxylation is 1. The van der Waals surface area contributed by atoms with Crippen LogP contribution >= 0.6 is 11.6 Å². The molecule has 1 aliphatic rings. The van der Waals surface area contributed by atoms with E-state index in [1.165, 1.54) is 24.5 Å². The van der Waals surface area contributed by atoms with Crippen molar-refractivity contribution in [3.8, 4) is 11.4 Å². The highest BCUT2D eigenvalue weighted by atomic mass is 35.5. The van der Waals surface area contributed by atoms with Crippen molar-refractivity contribution in [1.29, 1.82) is 0 Å². The summed E-state index contributed by atoms with van der Waals surface area (Å²) in [4.78, 5) is 17.2. The van der Waals surface area contributed by atoms with Crippen molar-refractivity contribution in [1.82, 2.24) is 18.9 Å². The van der Waals surface area contributed by atoms with Gasteiger partial charge in [0, 0.05) is 35.5 Å². The van der Waals surface area contributed by atoms with Crippen LogP contribution in [0.25, 0.3) is 22.4 Å². The molecule has 1 aliphatic carbocycles. The van der Waals surface area contributed by atoms with Gasteiger partial charge in [-0.1, -0.05) is 35.4 Å². The summed E-state index contributed by atoms with van der Waals surface area (Å²) in [6.07, 6.45) is 7.98. The van der Waals surface area contributed by atoms with Crippen LogP contribution in [0.3, 0.4) is 0 Å². The summed E-state index contributed by atoms with van der Waals surface area (Å²) in [6, 6.07) is 8.02. The van der Waals surface area contributed by atoms with Crippen LogP contribution in [0.15, 0.2) is 71.5 Å². The Morgan fingerprint density at radius 2 is 2.03 bits per heavy atom. The maximum atomic E-state index is 14.8. The number of rotatable bonds is 6. The number of nitrogens with zero attached hydrogens (tertiary/aromatic N) is 5. The summed E-state index contributed by atoms with van der Waals surface area (Å²) >= 11 is 6.20. The molecule has 1 N–H and O–H groups in total. The summed E-state index contributed by atoms with van der Waals surface area (Å²) in [5.74, 6) is -0.855. The Labute approximate surface area is 224 Å². The molecular formula is C27H25ClFN5O3S. The SMILES string of the molecule is C=CC[C@@]1(O)CCC/C(=N\c2nc(-c3cn(S(=O)(=O)c4ccc(C)cc4)c4ncc(Cl)cc34)ncc2F)C1. The van der Waals surface area contributed by atoms with Crippen LogP contribution in [0.1, 0.15) is 37.7 Å². The summed E-state index contributed by atoms with van der Waals surface area (Å²) in [5, 5.41) is 11.5. The Bertz CT molecular complexity index is 1690. The van der Waals surface area contributed by atoms with E-state index < -0.39 is 21.4 Å². The number of benzene rings is 1. The molecule has 11 heteroatoms. The Kier molecular flexibility index (Phi) is 6.89. The second-order valence-electron chi connectivity index (χ2n) is 9.47. The molecule has 1 fully saturated rings. The Hall–Kier alpha value is -3.47. The number of hydrogen-bond acceptors (Lipinski definition) is 7. The molecular weight excluding hydrogens is 529 g/mol. The second-order valence-corrected chi connectivity index (χ2v) is 11.7. The van der Waals surface area contributed by atoms with Crippen molar-refractivity contribution in [2.75, 3.05) is 0 Å². The largest absolute Gasteiger partial charge is 0.389 e. The lowest BCUT2D eigenvalue weighted by Crippen LogP contribution is -2.34. The first-order valence-electron chi connectivity index (χ1n) is 12.0. The minimum Gasteiger partial charge on any atom is -0.389 e. The molecule has 0 aliphatic heterocycles. The van der Waals surface area contributed by atoms with Crippen molar-refractivity contribution in [2.45, 2.75) is 49.5 Å². The molecule has 0 bridgehead atoms. The second kappa shape index (κ2) is 10.0. The molecule has 8 nitrogen and oxygen atoms in total. The molecule has 0 radical (unpaired) electrons. The molecule has 38 heavy (non-hydrogen) atoms. The molecule has 0 spiro atoms. The Balaban J connectivity index is 1.62. The number of halogens is 2. The maximum absolute atomic E-state index is 14.8. The predicted molar refractivity (Wildman–Crippen MR) is 145 cm³/mol. The summed E-state index contributed by atoms with van der Waals surface area (Å²) < 4.78 is 42.9. The van der Waals surface area contributed by atoms with E-state index in [-0.39, 0.29) is 33.6 Å². The fourth-order valence-electron chi connectivity index (χ4n) is 4.67. The van der Waals surface area contributed by atoms with Gasteiger partial charge in [-0.15, -0.1) is 6.58 Å². The van der Waals surface area contributed by atoms with Crippen LogP contribution < -0.4 is 0 Å². The van der Waals surface area contributed by atoms with Gasteiger partial charge in [-0.05, 0) is 50.8 Å². The fraction of sp³-hybridized carbons (Fsp3) is 0.259. The van der Waals surface area contributed by atoms with E-state index in [2.05, 4.69) is 26.5 Å². The maximum Gasteiger partial charge on any atom is 0.269 e. The Morgan fingerprint density at radius 1 is 1.26 bits per heavy atom. The highest BCUT2D eigenvalue weighted by molar-refractivity contribution is 7.90. The van der Waals surface area contributed by atoms with Crippen molar-refractivity contribution in [2.24, 2.45) is 4.99 Å². The standard InChI is InChI=1S/C27H25ClFN5O3S/c1-3-10-27(35)11-4-5-19(13-27)32-25-23(29)15-30-24(33-25)22-16-34(26-21(22)12-18(28)14-31-26)38(36,37)20-8-6-17(2)7-9-20/h3,6-9,12,14-16,35H,1,4-5,10-11,13H2,2H3/b32-19+/t27-/m1/s1. The predicted octanol–water partition coefficient (Wildman–Crippen LogP) is 5.78. The van der Waals surface area contributed by atoms with Crippen molar-refractivity contribution in [3.63, 3.8) is 0 Å². The first-order valence-corrected chi connectivity index (χ1v) is 13.8. The molecule has 5 rings (SSSR count). The van der Waals surface area contributed by atoms with E-state index in [1.54, 1.807) is 24.3 Å². The van der Waals surface area contributed by atoms with Crippen LogP contribution in [-0.2, 0) is 10.0 Å². The van der Waals surface area contributed by atoms with Gasteiger partial charge in [0.05, 0.1) is 21.7 Å². The van der Waals surface area contributed by atoms with Crippen LogP contribution in [0.5, 0.6) is 0 Å². The summed E-state index contributed by atoms with van der Waals surface area (Å²) in [6.45, 7) is 5.57. The molecule has 3 aromatic heterocycles. The molecule has 1 aromatic carbocycles. The monoisotopic (exact) mass is 553 g/mol. The molecule has 1 atom stereocenters. The zero-order valence-corrected chi connectivity index (χ0v) is 22.2. The highest BCUT2D eigenvalue weighted by Gasteiger charge is 2.31. The van der Waals surface area contributed by atoms with Gasteiger partial charge in [0.25, 0.3) is 10.0 Å². The lowest BCUT2D eigenvalue weighted by molar-refractivity contribution is 0.0337. The summed E-state index contributed by atoms with van der Waals surface area (Å²) in [7, 11) is -4.02. The lowest BCUT2D eigenvalue weighted by atomic mass is 9.81. The number of pyridine rings is 1. The van der Waals surface area contributed by atoms with Gasteiger partial charge in [0.15, 0.2) is 23.1 Å². The van der Waals surface area contributed by atoms with Crippen LogP contribution in [0.2, 0.25) is 5.02 Å². The van der Waals surface area contributed by atoms with Gasteiger partial charge in [0.1, 0.15) is 0 Å². The quantitative estimate of drug-likeness (QED) is 0.303. The van der Waals surface area contributed by atoms with Gasteiger partial charge < -0.3 is 5.11 Å². The molecule has 0 amide bonds. The minimum absolute atomic E-state index is 0.0647. The van der Waals surface area contributed by atoms with Crippen molar-refractivity contribution < 1.29 is 17.9 Å². The topological polar surface area (TPSA) is 110 Å². The fourth-order valence-corrected chi connectivity index (χ4v) is 6.15. The van der Waals surface area contributed by atoms with E-state index in [0.717, 1.165) is 15.7 Å². The van der Waals surface area contributed by atoms with E-state index in [4.69, 9.17) is 11.6 Å². The molecule has 3 heterocycles. The number of hydrogen-bond donors (Lipinski definition) is 1. The lowest BCUT2D eigenvalue weighted by Gasteiger charge is -2.31. The van der Waals surface area contributed by atoms with E-state index in [1.807, 2.05) is 6.92 Å². The van der Waals surface area contributed by atoms with Gasteiger partial charge in [-0.3, -0.25) is 0 Å². The highest BCUT2D eigenvalue weighted by Crippen LogP contribution is 2.34. The van der Waals surface area contributed by atoms with E-state index in [0.29, 0.717) is 42.3 Å². The number of fused-ring (bicyclic) bond motifs is 1. The molecule has 0 saturated heterocycles. The first kappa shape index (κ1) is 26.1. The number of aromatic nitrogens is 4. The van der Waals surface area contributed by atoms with Gasteiger partial charge in [0.2, 0.25) is 0 Å². The van der Waals surface area contributed by atoms with Crippen molar-refractivity contribution >= 4 is 44.2 Å². The van der Waals surface area contributed by atoms with Crippen LogP contribution in [-0.4, -0.2) is 43.8 Å². The third-order valence-electron chi connectivity index (χ3n) is 6.55. The Morgan fingerprint density at radius 3 is 2.76 bits per heavy atom. The molecule has 196 valence electrons. The first-order chi connectivity index (χ1) is 18.1. The van der Waals surface area contributed by atoms with Gasteiger partial charge >= 0.3 is 0 Å². The van der Waals surface area contributed by atoms with Crippen molar-refractivity contribution in [3.05, 3.63) is 78.0 Å². The zero-order valence-electron chi connectivity index (χ0n) is 20.6. The van der Waals surface area contributed by atoms with E-state index in [9.17, 15) is 17.9 Å². The smallest absolute Gasteiger partial charge is 0.269 e. The molecule has 0 unspecified atom stereocenters. The molecule has 4 aromatic rings. The third-order valence-corrected chi connectivity index (χ3v) is 8.42. The normalized spacial score (nSPS) is 19.2. The zero-order chi connectivity index (χ0) is 27.1. The number of aliphatic imine (C=N–C) groups is 1. The van der Waals surface area contributed by atoms with E-state index >= 15 is 0 Å². The van der Waals surface area contributed by atoms with Crippen LogP contribution in [0, 0.1) is 12.7 Å². The van der Waals surface area contributed by atoms with Crippen LogP contribution in [0.4, 0.5) is 10.2 Å². The third kappa shape index (κ3) is 4.99. The molecule has 1 saturated carbocycles. The van der Waals surface area contributed by atoms with Gasteiger partial charge in [-0.25, -0.2) is 36.7 Å². The minimum atomic E-state index is -4.02. The average Bonchev–Trinajstić information content (AvgIpc) is 3.25. The summed E-state index contributed by atoms with van der Waals surface area (Å²) in [5.41, 5.74) is 1.01. The average molecular weight is 554 g/mol. The number of aliphatic hydroxyl groups is 1.